The molecule has 1 aromatic rings. The molecule has 7 heteroatoms. The number of halogens is 1. The third-order valence-corrected chi connectivity index (χ3v) is 3.84. The van der Waals surface area contributed by atoms with Gasteiger partial charge in [0, 0.05) is 32.4 Å². The van der Waals surface area contributed by atoms with Crippen LogP contribution in [0.4, 0.5) is 4.39 Å². The molecule has 0 spiro atoms. The second-order valence-electron chi connectivity index (χ2n) is 6.24. The Morgan fingerprint density at radius 2 is 2.31 bits per heavy atom. The van der Waals surface area contributed by atoms with Crippen molar-refractivity contribution in [3.8, 4) is 5.75 Å². The van der Waals surface area contributed by atoms with E-state index in [1.165, 1.54) is 12.1 Å². The molecule has 0 saturated carbocycles. The van der Waals surface area contributed by atoms with Gasteiger partial charge in [-0.3, -0.25) is 0 Å². The zero-order valence-corrected chi connectivity index (χ0v) is 15.7. The highest BCUT2D eigenvalue weighted by atomic mass is 19.1. The van der Waals surface area contributed by atoms with E-state index >= 15 is 0 Å². The van der Waals surface area contributed by atoms with Gasteiger partial charge in [-0.1, -0.05) is 6.07 Å². The van der Waals surface area contributed by atoms with Crippen LogP contribution in [0, 0.1) is 5.82 Å². The molecular formula is C19H30FN3O3. The van der Waals surface area contributed by atoms with Crippen LogP contribution in [0.3, 0.4) is 0 Å². The quantitative estimate of drug-likeness (QED) is 0.378. The molecule has 1 aromatic carbocycles. The Hall–Kier alpha value is -1.86. The smallest absolute Gasteiger partial charge is 0.191 e. The summed E-state index contributed by atoms with van der Waals surface area (Å²) in [6.07, 6.45) is 1.98. The van der Waals surface area contributed by atoms with Crippen molar-refractivity contribution < 1.29 is 18.6 Å². The van der Waals surface area contributed by atoms with Gasteiger partial charge in [0.15, 0.2) is 5.96 Å². The fraction of sp³-hybridized carbons (Fsp3) is 0.632. The molecule has 1 fully saturated rings. The summed E-state index contributed by atoms with van der Waals surface area (Å²) in [6.45, 7) is 8.18. The molecule has 0 aliphatic carbocycles. The minimum atomic E-state index is -0.306. The molecule has 2 N–H and O–H groups in total. The van der Waals surface area contributed by atoms with E-state index in [2.05, 4.69) is 15.6 Å². The highest BCUT2D eigenvalue weighted by Gasteiger charge is 2.15. The minimum Gasteiger partial charge on any atom is -0.489 e. The first-order chi connectivity index (χ1) is 12.7. The lowest BCUT2D eigenvalue weighted by Crippen LogP contribution is -2.39. The molecule has 1 aliphatic heterocycles. The molecule has 1 aliphatic rings. The zero-order valence-electron chi connectivity index (χ0n) is 15.7. The summed E-state index contributed by atoms with van der Waals surface area (Å²) in [5.74, 6) is 0.949. The lowest BCUT2D eigenvalue weighted by molar-refractivity contribution is 0.0420. The van der Waals surface area contributed by atoms with E-state index in [0.717, 1.165) is 38.5 Å². The number of guanidine groups is 1. The topological polar surface area (TPSA) is 64.1 Å². The van der Waals surface area contributed by atoms with Crippen molar-refractivity contribution >= 4 is 5.96 Å². The fourth-order valence-electron chi connectivity index (χ4n) is 2.54. The van der Waals surface area contributed by atoms with E-state index in [1.54, 1.807) is 12.1 Å². The molecule has 1 saturated heterocycles. The van der Waals surface area contributed by atoms with E-state index < -0.39 is 0 Å². The summed E-state index contributed by atoms with van der Waals surface area (Å²) in [7, 11) is 0. The van der Waals surface area contributed by atoms with Crippen LogP contribution in [0.5, 0.6) is 5.75 Å². The first-order valence-corrected chi connectivity index (χ1v) is 9.31. The van der Waals surface area contributed by atoms with Crippen molar-refractivity contribution in [3.63, 3.8) is 0 Å². The number of rotatable bonds is 10. The predicted octanol–water partition coefficient (Wildman–Crippen LogP) is 2.34. The molecule has 2 atom stereocenters. The second-order valence-corrected chi connectivity index (χ2v) is 6.24. The Morgan fingerprint density at radius 3 is 3.04 bits per heavy atom. The van der Waals surface area contributed by atoms with Crippen molar-refractivity contribution in [3.05, 3.63) is 30.1 Å². The van der Waals surface area contributed by atoms with E-state index in [1.807, 2.05) is 13.8 Å². The van der Waals surface area contributed by atoms with Crippen LogP contribution < -0.4 is 15.4 Å². The third-order valence-electron chi connectivity index (χ3n) is 3.84. The summed E-state index contributed by atoms with van der Waals surface area (Å²) in [5, 5.41) is 6.49. The van der Waals surface area contributed by atoms with E-state index in [4.69, 9.17) is 14.2 Å². The molecule has 26 heavy (non-hydrogen) atoms. The van der Waals surface area contributed by atoms with Crippen molar-refractivity contribution in [1.82, 2.24) is 10.6 Å². The molecule has 0 amide bonds. The predicted molar refractivity (Wildman–Crippen MR) is 100 cm³/mol. The van der Waals surface area contributed by atoms with E-state index in [9.17, 15) is 4.39 Å². The highest BCUT2D eigenvalue weighted by Crippen LogP contribution is 2.13. The number of hydrogen-bond acceptors (Lipinski definition) is 4. The summed E-state index contributed by atoms with van der Waals surface area (Å²) < 4.78 is 29.9. The van der Waals surface area contributed by atoms with Gasteiger partial charge >= 0.3 is 0 Å². The van der Waals surface area contributed by atoms with Crippen molar-refractivity contribution in [1.29, 1.82) is 0 Å². The maximum atomic E-state index is 13.2. The number of benzene rings is 1. The average Bonchev–Trinajstić information content (AvgIpc) is 3.12. The largest absolute Gasteiger partial charge is 0.489 e. The van der Waals surface area contributed by atoms with Crippen LogP contribution >= 0.6 is 0 Å². The van der Waals surface area contributed by atoms with Gasteiger partial charge in [0.25, 0.3) is 0 Å². The van der Waals surface area contributed by atoms with Gasteiger partial charge < -0.3 is 24.8 Å². The van der Waals surface area contributed by atoms with E-state index in [-0.39, 0.29) is 18.0 Å². The SMILES string of the molecule is CCNC(=NCC(C)Oc1cccc(F)c1)NCCCOC1CCOC1. The van der Waals surface area contributed by atoms with Crippen molar-refractivity contribution in [2.24, 2.45) is 4.99 Å². The van der Waals surface area contributed by atoms with Gasteiger partial charge in [0.2, 0.25) is 0 Å². The molecule has 1 heterocycles. The van der Waals surface area contributed by atoms with Gasteiger partial charge in [-0.25, -0.2) is 9.38 Å². The molecular weight excluding hydrogens is 337 g/mol. The number of aliphatic imine (C=N–C) groups is 1. The normalized spacial score (nSPS) is 18.6. The lowest BCUT2D eigenvalue weighted by atomic mass is 10.3. The molecule has 0 bridgehead atoms. The maximum absolute atomic E-state index is 13.2. The maximum Gasteiger partial charge on any atom is 0.191 e. The number of ether oxygens (including phenoxy) is 3. The first kappa shape index (κ1) is 20.5. The standard InChI is InChI=1S/C19H30FN3O3/c1-3-21-19(22-9-5-10-25-18-8-11-24-14-18)23-13-15(2)26-17-7-4-6-16(20)12-17/h4,6-7,12,15,18H,3,5,8-11,13-14H2,1-2H3,(H2,21,22,23). The van der Waals surface area contributed by atoms with Crippen molar-refractivity contribution in [2.75, 3.05) is 39.5 Å². The minimum absolute atomic E-state index is 0.155. The molecule has 2 rings (SSSR count). The van der Waals surface area contributed by atoms with Crippen LogP contribution in [0.1, 0.15) is 26.7 Å². The highest BCUT2D eigenvalue weighted by molar-refractivity contribution is 5.79. The first-order valence-electron chi connectivity index (χ1n) is 9.31. The molecule has 6 nitrogen and oxygen atoms in total. The van der Waals surface area contributed by atoms with Gasteiger partial charge in [-0.05, 0) is 38.8 Å². The zero-order chi connectivity index (χ0) is 18.6. The van der Waals surface area contributed by atoms with Crippen molar-refractivity contribution in [2.45, 2.75) is 38.9 Å². The van der Waals surface area contributed by atoms with Crippen LogP contribution in [-0.4, -0.2) is 57.6 Å². The number of hydrogen-bond donors (Lipinski definition) is 2. The summed E-state index contributed by atoms with van der Waals surface area (Å²) >= 11 is 0. The number of nitrogens with zero attached hydrogens (tertiary/aromatic N) is 1. The Morgan fingerprint density at radius 1 is 1.42 bits per heavy atom. The summed E-state index contributed by atoms with van der Waals surface area (Å²) in [6, 6.07) is 6.14. The van der Waals surface area contributed by atoms with Gasteiger partial charge in [0.05, 0.1) is 19.3 Å². The Labute approximate surface area is 155 Å². The lowest BCUT2D eigenvalue weighted by Gasteiger charge is -2.15. The van der Waals surface area contributed by atoms with Crippen LogP contribution in [0.25, 0.3) is 0 Å². The van der Waals surface area contributed by atoms with Crippen LogP contribution in [-0.2, 0) is 9.47 Å². The molecule has 146 valence electrons. The Balaban J connectivity index is 1.67. The average molecular weight is 367 g/mol. The molecule has 2 unspecified atom stereocenters. The Bertz CT molecular complexity index is 551. The van der Waals surface area contributed by atoms with Gasteiger partial charge in [-0.2, -0.15) is 0 Å². The van der Waals surface area contributed by atoms with Crippen LogP contribution in [0.15, 0.2) is 29.3 Å². The second kappa shape index (κ2) is 11.7. The summed E-state index contributed by atoms with van der Waals surface area (Å²) in [5.41, 5.74) is 0. The van der Waals surface area contributed by atoms with Gasteiger partial charge in [-0.15, -0.1) is 0 Å². The van der Waals surface area contributed by atoms with Crippen LogP contribution in [0.2, 0.25) is 0 Å². The molecule has 0 radical (unpaired) electrons. The number of nitrogens with one attached hydrogen (secondary N) is 2. The Kier molecular flexibility index (Phi) is 9.20. The third kappa shape index (κ3) is 8.01. The fourth-order valence-corrected chi connectivity index (χ4v) is 2.54. The van der Waals surface area contributed by atoms with E-state index in [0.29, 0.717) is 25.5 Å². The monoisotopic (exact) mass is 367 g/mol. The molecule has 0 aromatic heterocycles. The van der Waals surface area contributed by atoms with Gasteiger partial charge in [0.1, 0.15) is 17.7 Å². The summed E-state index contributed by atoms with van der Waals surface area (Å²) in [4.78, 5) is 4.52.